The molecule has 0 saturated heterocycles. The van der Waals surface area contributed by atoms with Crippen LogP contribution in [0.4, 0.5) is 0 Å². The summed E-state index contributed by atoms with van der Waals surface area (Å²) in [4.78, 5) is 14.5. The fraction of sp³-hybridized carbons (Fsp3) is 0.480. The van der Waals surface area contributed by atoms with Crippen molar-refractivity contribution in [3.8, 4) is 0 Å². The fourth-order valence-corrected chi connectivity index (χ4v) is 5.03. The van der Waals surface area contributed by atoms with Crippen LogP contribution in [0.3, 0.4) is 0 Å². The van der Waals surface area contributed by atoms with Gasteiger partial charge in [-0.25, -0.2) is 4.79 Å². The highest BCUT2D eigenvalue weighted by atomic mass is 32.2. The van der Waals surface area contributed by atoms with Crippen LogP contribution < -0.4 is 0 Å². The van der Waals surface area contributed by atoms with Gasteiger partial charge in [-0.05, 0) is 91.0 Å². The summed E-state index contributed by atoms with van der Waals surface area (Å²) in [7, 11) is 0. The Kier molecular flexibility index (Phi) is 5.69. The molecular formula is C25H32O2S. The molecule has 0 radical (unpaired) electrons. The number of hydrogen-bond donors (Lipinski definition) is 0. The average molecular weight is 397 g/mol. The molecule has 1 aliphatic carbocycles. The molecule has 0 saturated carbocycles. The van der Waals surface area contributed by atoms with Crippen molar-refractivity contribution in [1.82, 2.24) is 0 Å². The molecule has 0 N–H and O–H groups in total. The number of benzene rings is 2. The second kappa shape index (κ2) is 7.59. The Morgan fingerprint density at radius 2 is 1.50 bits per heavy atom. The van der Waals surface area contributed by atoms with Crippen LogP contribution >= 0.6 is 11.8 Å². The van der Waals surface area contributed by atoms with E-state index in [1.54, 1.807) is 11.8 Å². The molecule has 2 nitrogen and oxygen atoms in total. The van der Waals surface area contributed by atoms with Gasteiger partial charge in [0.25, 0.3) is 0 Å². The van der Waals surface area contributed by atoms with Crippen LogP contribution in [0.2, 0.25) is 0 Å². The molecule has 0 bridgehead atoms. The summed E-state index contributed by atoms with van der Waals surface area (Å²) >= 11 is 1.80. The Balaban J connectivity index is 1.97. The highest BCUT2D eigenvalue weighted by molar-refractivity contribution is 7.99. The highest BCUT2D eigenvalue weighted by Crippen LogP contribution is 2.48. The first-order valence-corrected chi connectivity index (χ1v) is 11.0. The van der Waals surface area contributed by atoms with Crippen LogP contribution in [0.5, 0.6) is 0 Å². The lowest BCUT2D eigenvalue weighted by atomic mass is 9.63. The van der Waals surface area contributed by atoms with Gasteiger partial charge in [-0.2, -0.15) is 0 Å². The lowest BCUT2D eigenvalue weighted by Crippen LogP contribution is -2.34. The zero-order chi connectivity index (χ0) is 20.7. The molecule has 28 heavy (non-hydrogen) atoms. The van der Waals surface area contributed by atoms with Gasteiger partial charge in [0.15, 0.2) is 0 Å². The Morgan fingerprint density at radius 3 is 2.07 bits per heavy atom. The van der Waals surface area contributed by atoms with E-state index in [-0.39, 0.29) is 16.8 Å². The van der Waals surface area contributed by atoms with Gasteiger partial charge < -0.3 is 4.74 Å². The highest BCUT2D eigenvalue weighted by Gasteiger charge is 2.37. The zero-order valence-corrected chi connectivity index (χ0v) is 19.0. The van der Waals surface area contributed by atoms with Gasteiger partial charge >= 0.3 is 5.97 Å². The number of ether oxygens (including phenoxy) is 1. The standard InChI is InChI=1S/C25H32O2S/c1-8-27-23(26)18-9-10-21(16(2)13-18)28-22-15-20-19(14-17(22)3)24(4,5)11-12-25(20,6)7/h9-10,13-15H,8,11-12H2,1-7H3. The number of fused-ring (bicyclic) bond motifs is 1. The molecule has 2 aromatic rings. The third kappa shape index (κ3) is 4.00. The maximum Gasteiger partial charge on any atom is 0.338 e. The van der Waals surface area contributed by atoms with Crippen molar-refractivity contribution in [2.45, 2.75) is 81.9 Å². The van der Waals surface area contributed by atoms with E-state index in [4.69, 9.17) is 4.74 Å². The largest absolute Gasteiger partial charge is 0.462 e. The molecule has 1 aliphatic rings. The van der Waals surface area contributed by atoms with E-state index in [9.17, 15) is 4.79 Å². The predicted molar refractivity (Wildman–Crippen MR) is 118 cm³/mol. The van der Waals surface area contributed by atoms with Crippen molar-refractivity contribution < 1.29 is 9.53 Å². The zero-order valence-electron chi connectivity index (χ0n) is 18.2. The lowest BCUT2D eigenvalue weighted by Gasteiger charge is -2.42. The Bertz CT molecular complexity index is 909. The van der Waals surface area contributed by atoms with Crippen LogP contribution in [0, 0.1) is 13.8 Å². The van der Waals surface area contributed by atoms with Gasteiger partial charge in [0.1, 0.15) is 0 Å². The van der Waals surface area contributed by atoms with E-state index in [1.165, 1.54) is 39.3 Å². The van der Waals surface area contributed by atoms with Crippen molar-refractivity contribution >= 4 is 17.7 Å². The molecule has 0 fully saturated rings. The number of carbonyl (C=O) groups is 1. The van der Waals surface area contributed by atoms with Crippen molar-refractivity contribution in [1.29, 1.82) is 0 Å². The number of esters is 1. The number of carbonyl (C=O) groups excluding carboxylic acids is 1. The van der Waals surface area contributed by atoms with Crippen LogP contribution in [0.1, 0.15) is 80.1 Å². The molecule has 0 unspecified atom stereocenters. The molecule has 3 rings (SSSR count). The van der Waals surface area contributed by atoms with Crippen LogP contribution in [-0.4, -0.2) is 12.6 Å². The monoisotopic (exact) mass is 396 g/mol. The summed E-state index contributed by atoms with van der Waals surface area (Å²) in [5.74, 6) is -0.254. The normalized spacial score (nSPS) is 17.1. The SMILES string of the molecule is CCOC(=O)c1ccc(Sc2cc3c(cc2C)C(C)(C)CCC3(C)C)c(C)c1. The van der Waals surface area contributed by atoms with Crippen molar-refractivity contribution in [2.24, 2.45) is 0 Å². The van der Waals surface area contributed by atoms with E-state index in [0.717, 1.165) is 5.56 Å². The number of rotatable bonds is 4. The van der Waals surface area contributed by atoms with E-state index < -0.39 is 0 Å². The summed E-state index contributed by atoms with van der Waals surface area (Å²) in [6.45, 7) is 16.0. The van der Waals surface area contributed by atoms with Gasteiger partial charge in [-0.1, -0.05) is 45.5 Å². The van der Waals surface area contributed by atoms with Gasteiger partial charge in [0, 0.05) is 9.79 Å². The summed E-state index contributed by atoms with van der Waals surface area (Å²) in [6.07, 6.45) is 2.45. The minimum absolute atomic E-state index is 0.205. The first-order chi connectivity index (χ1) is 13.0. The van der Waals surface area contributed by atoms with Gasteiger partial charge in [0.05, 0.1) is 12.2 Å². The summed E-state index contributed by atoms with van der Waals surface area (Å²) in [5.41, 5.74) is 6.47. The molecule has 2 aromatic carbocycles. The Morgan fingerprint density at radius 1 is 0.929 bits per heavy atom. The van der Waals surface area contributed by atoms with E-state index in [2.05, 4.69) is 53.7 Å². The molecule has 3 heteroatoms. The second-order valence-corrected chi connectivity index (χ2v) is 10.3. The van der Waals surface area contributed by atoms with Crippen molar-refractivity contribution in [3.05, 3.63) is 58.1 Å². The van der Waals surface area contributed by atoms with E-state index in [1.807, 2.05) is 25.1 Å². The molecular weight excluding hydrogens is 364 g/mol. The van der Waals surface area contributed by atoms with Gasteiger partial charge in [-0.3, -0.25) is 0 Å². The number of aryl methyl sites for hydroxylation is 2. The van der Waals surface area contributed by atoms with Crippen LogP contribution in [-0.2, 0) is 15.6 Å². The maximum absolute atomic E-state index is 12.0. The fourth-order valence-electron chi connectivity index (χ4n) is 4.04. The van der Waals surface area contributed by atoms with Crippen LogP contribution in [0.25, 0.3) is 0 Å². The molecule has 0 amide bonds. The van der Waals surface area contributed by atoms with Crippen molar-refractivity contribution in [3.63, 3.8) is 0 Å². The first-order valence-electron chi connectivity index (χ1n) is 10.2. The minimum Gasteiger partial charge on any atom is -0.462 e. The number of hydrogen-bond acceptors (Lipinski definition) is 3. The van der Waals surface area contributed by atoms with Crippen molar-refractivity contribution in [2.75, 3.05) is 6.61 Å². The van der Waals surface area contributed by atoms with E-state index >= 15 is 0 Å². The third-order valence-electron chi connectivity index (χ3n) is 6.05. The quantitative estimate of drug-likeness (QED) is 0.521. The van der Waals surface area contributed by atoms with Gasteiger partial charge in [-0.15, -0.1) is 0 Å². The summed E-state index contributed by atoms with van der Waals surface area (Å²) < 4.78 is 5.12. The lowest BCUT2D eigenvalue weighted by molar-refractivity contribution is 0.0526. The first kappa shape index (κ1) is 21.0. The van der Waals surface area contributed by atoms with Crippen LogP contribution in [0.15, 0.2) is 40.1 Å². The van der Waals surface area contributed by atoms with E-state index in [0.29, 0.717) is 12.2 Å². The third-order valence-corrected chi connectivity index (χ3v) is 7.39. The Labute approximate surface area is 174 Å². The Hall–Kier alpha value is -1.74. The summed E-state index contributed by atoms with van der Waals surface area (Å²) in [6, 6.07) is 10.7. The molecule has 0 spiro atoms. The average Bonchev–Trinajstić information content (AvgIpc) is 2.62. The predicted octanol–water partition coefficient (Wildman–Crippen LogP) is 6.98. The topological polar surface area (TPSA) is 26.3 Å². The molecule has 150 valence electrons. The summed E-state index contributed by atoms with van der Waals surface area (Å²) in [5, 5.41) is 0. The molecule has 0 heterocycles. The molecule has 0 aliphatic heterocycles. The molecule has 0 atom stereocenters. The molecule has 0 aromatic heterocycles. The maximum atomic E-state index is 12.0. The second-order valence-electron chi connectivity index (χ2n) is 9.23. The van der Waals surface area contributed by atoms with Gasteiger partial charge in [0.2, 0.25) is 0 Å². The minimum atomic E-state index is -0.254. The smallest absolute Gasteiger partial charge is 0.338 e.